The first kappa shape index (κ1) is 17.7. The molecule has 0 saturated carbocycles. The number of ether oxygens (including phenoxy) is 1. The molecule has 1 aromatic carbocycles. The number of aromatic nitrogens is 2. The van der Waals surface area contributed by atoms with Gasteiger partial charge in [0, 0.05) is 20.1 Å². The van der Waals surface area contributed by atoms with Crippen molar-refractivity contribution < 1.29 is 19.4 Å². The Kier molecular flexibility index (Phi) is 5.70. The molecule has 7 heteroatoms. The van der Waals surface area contributed by atoms with Gasteiger partial charge in [-0.1, -0.05) is 18.2 Å². The number of carboxylic acids is 1. The lowest BCUT2D eigenvalue weighted by Crippen LogP contribution is -2.41. The van der Waals surface area contributed by atoms with Gasteiger partial charge in [0.05, 0.1) is 22.6 Å². The number of amides is 1. The lowest BCUT2D eigenvalue weighted by Gasteiger charge is -2.14. The molecule has 0 aliphatic rings. The number of para-hydroxylation sites is 1. The van der Waals surface area contributed by atoms with Crippen molar-refractivity contribution in [2.24, 2.45) is 0 Å². The Balaban J connectivity index is 2.27. The van der Waals surface area contributed by atoms with Crippen molar-refractivity contribution in [3.05, 3.63) is 47.3 Å². The molecule has 1 aromatic heterocycles. The highest BCUT2D eigenvalue weighted by atomic mass is 16.5. The van der Waals surface area contributed by atoms with Crippen LogP contribution in [0, 0.1) is 13.8 Å². The van der Waals surface area contributed by atoms with Crippen molar-refractivity contribution in [3.8, 4) is 5.69 Å². The summed E-state index contributed by atoms with van der Waals surface area (Å²) in [5.41, 5.74) is 2.44. The normalized spacial score (nSPS) is 12.0. The van der Waals surface area contributed by atoms with Gasteiger partial charge in [-0.2, -0.15) is 5.10 Å². The zero-order valence-corrected chi connectivity index (χ0v) is 13.9. The third-order valence-corrected chi connectivity index (χ3v) is 3.73. The number of hydrogen-bond donors (Lipinski definition) is 2. The Hall–Kier alpha value is -2.67. The molecule has 1 unspecified atom stereocenters. The molecule has 0 aliphatic carbocycles. The highest BCUT2D eigenvalue weighted by molar-refractivity contribution is 5.98. The number of nitrogens with zero attached hydrogens (tertiary/aromatic N) is 2. The molecule has 0 aliphatic heterocycles. The van der Waals surface area contributed by atoms with Crippen LogP contribution in [0.1, 0.15) is 28.2 Å². The molecule has 128 valence electrons. The van der Waals surface area contributed by atoms with Crippen molar-refractivity contribution in [1.29, 1.82) is 0 Å². The Labute approximate surface area is 140 Å². The van der Waals surface area contributed by atoms with E-state index < -0.39 is 17.9 Å². The smallest absolute Gasteiger partial charge is 0.326 e. The van der Waals surface area contributed by atoms with Crippen LogP contribution < -0.4 is 5.32 Å². The van der Waals surface area contributed by atoms with Gasteiger partial charge in [0.2, 0.25) is 0 Å². The Bertz CT molecular complexity index is 725. The van der Waals surface area contributed by atoms with Gasteiger partial charge in [-0.15, -0.1) is 0 Å². The van der Waals surface area contributed by atoms with E-state index >= 15 is 0 Å². The summed E-state index contributed by atoms with van der Waals surface area (Å²) in [6.45, 7) is 3.76. The quantitative estimate of drug-likeness (QED) is 0.805. The summed E-state index contributed by atoms with van der Waals surface area (Å²) in [5.74, 6) is -1.54. The standard InChI is InChI=1S/C17H21N3O4/c1-11-15(16(21)18-14(17(22)23)9-10-24-3)12(2)20(19-11)13-7-5-4-6-8-13/h4-8,14H,9-10H2,1-3H3,(H,18,21)(H,22,23). The topological polar surface area (TPSA) is 93.5 Å². The van der Waals surface area contributed by atoms with Gasteiger partial charge in [-0.25, -0.2) is 9.48 Å². The highest BCUT2D eigenvalue weighted by Gasteiger charge is 2.25. The first-order valence-corrected chi connectivity index (χ1v) is 7.60. The van der Waals surface area contributed by atoms with E-state index in [0.717, 1.165) is 5.69 Å². The second-order valence-electron chi connectivity index (χ2n) is 5.44. The van der Waals surface area contributed by atoms with E-state index in [4.69, 9.17) is 4.74 Å². The zero-order valence-electron chi connectivity index (χ0n) is 13.9. The minimum absolute atomic E-state index is 0.197. The van der Waals surface area contributed by atoms with Gasteiger partial charge in [-0.05, 0) is 26.0 Å². The van der Waals surface area contributed by atoms with Crippen molar-refractivity contribution in [1.82, 2.24) is 15.1 Å². The number of nitrogens with one attached hydrogen (secondary N) is 1. The monoisotopic (exact) mass is 331 g/mol. The van der Waals surface area contributed by atoms with Crippen molar-refractivity contribution >= 4 is 11.9 Å². The summed E-state index contributed by atoms with van der Waals surface area (Å²) < 4.78 is 6.56. The fourth-order valence-corrected chi connectivity index (χ4v) is 2.52. The maximum absolute atomic E-state index is 12.5. The largest absolute Gasteiger partial charge is 0.480 e. The van der Waals surface area contributed by atoms with Crippen LogP contribution in [0.4, 0.5) is 0 Å². The number of carboxylic acid groups (broad SMARTS) is 1. The molecule has 2 rings (SSSR count). The predicted octanol–water partition coefficient (Wildman–Crippen LogP) is 1.71. The molecule has 2 aromatic rings. The molecule has 0 bridgehead atoms. The number of benzene rings is 1. The van der Waals surface area contributed by atoms with Gasteiger partial charge in [0.15, 0.2) is 0 Å². The van der Waals surface area contributed by atoms with Crippen molar-refractivity contribution in [3.63, 3.8) is 0 Å². The first-order valence-electron chi connectivity index (χ1n) is 7.60. The van der Waals surface area contributed by atoms with E-state index in [0.29, 0.717) is 17.0 Å². The van der Waals surface area contributed by atoms with Crippen LogP contribution in [0.25, 0.3) is 5.69 Å². The van der Waals surface area contributed by atoms with E-state index in [2.05, 4.69) is 10.4 Å². The summed E-state index contributed by atoms with van der Waals surface area (Å²) in [4.78, 5) is 23.8. The Morgan fingerprint density at radius 3 is 2.54 bits per heavy atom. The Morgan fingerprint density at radius 1 is 1.29 bits per heavy atom. The fraction of sp³-hybridized carbons (Fsp3) is 0.353. The molecule has 24 heavy (non-hydrogen) atoms. The molecule has 0 spiro atoms. The van der Waals surface area contributed by atoms with Crippen LogP contribution >= 0.6 is 0 Å². The van der Waals surface area contributed by atoms with Crippen LogP contribution in [-0.2, 0) is 9.53 Å². The van der Waals surface area contributed by atoms with Crippen LogP contribution in [0.2, 0.25) is 0 Å². The molecule has 2 N–H and O–H groups in total. The second kappa shape index (κ2) is 7.74. The minimum atomic E-state index is -1.09. The maximum Gasteiger partial charge on any atom is 0.326 e. The molecule has 7 nitrogen and oxygen atoms in total. The number of rotatable bonds is 7. The van der Waals surface area contributed by atoms with Crippen LogP contribution in [0.5, 0.6) is 0 Å². The van der Waals surface area contributed by atoms with Crippen LogP contribution in [0.15, 0.2) is 30.3 Å². The molecular formula is C17H21N3O4. The summed E-state index contributed by atoms with van der Waals surface area (Å²) in [6, 6.07) is 8.44. The lowest BCUT2D eigenvalue weighted by atomic mass is 10.1. The third kappa shape index (κ3) is 3.80. The fourth-order valence-electron chi connectivity index (χ4n) is 2.52. The van der Waals surface area contributed by atoms with E-state index in [9.17, 15) is 14.7 Å². The number of hydrogen-bond acceptors (Lipinski definition) is 4. The van der Waals surface area contributed by atoms with Gasteiger partial charge in [-0.3, -0.25) is 4.79 Å². The second-order valence-corrected chi connectivity index (χ2v) is 5.44. The summed E-state index contributed by atoms with van der Waals surface area (Å²) in [6.07, 6.45) is 0.197. The van der Waals surface area contributed by atoms with Gasteiger partial charge in [0.1, 0.15) is 6.04 Å². The van der Waals surface area contributed by atoms with Crippen molar-refractivity contribution in [2.75, 3.05) is 13.7 Å². The van der Waals surface area contributed by atoms with Gasteiger partial charge >= 0.3 is 5.97 Å². The number of aliphatic carboxylic acids is 1. The molecule has 1 atom stereocenters. The maximum atomic E-state index is 12.5. The first-order chi connectivity index (χ1) is 11.5. The van der Waals surface area contributed by atoms with Gasteiger partial charge in [0.25, 0.3) is 5.91 Å². The van der Waals surface area contributed by atoms with Crippen molar-refractivity contribution in [2.45, 2.75) is 26.3 Å². The van der Waals surface area contributed by atoms with E-state index in [1.165, 1.54) is 7.11 Å². The SMILES string of the molecule is COCCC(NC(=O)c1c(C)nn(-c2ccccc2)c1C)C(=O)O. The van der Waals surface area contributed by atoms with Crippen LogP contribution in [-0.4, -0.2) is 46.5 Å². The average molecular weight is 331 g/mol. The number of aryl methyl sites for hydroxylation is 1. The molecule has 0 fully saturated rings. The molecule has 0 saturated heterocycles. The molecule has 0 radical (unpaired) electrons. The predicted molar refractivity (Wildman–Crippen MR) is 88.4 cm³/mol. The Morgan fingerprint density at radius 2 is 1.96 bits per heavy atom. The number of carbonyl (C=O) groups is 2. The highest BCUT2D eigenvalue weighted by Crippen LogP contribution is 2.18. The van der Waals surface area contributed by atoms with E-state index in [1.807, 2.05) is 30.3 Å². The van der Waals surface area contributed by atoms with E-state index in [1.54, 1.807) is 18.5 Å². The average Bonchev–Trinajstić information content (AvgIpc) is 2.86. The number of methoxy groups -OCH3 is 1. The number of carbonyl (C=O) groups excluding carboxylic acids is 1. The third-order valence-electron chi connectivity index (χ3n) is 3.73. The summed E-state index contributed by atoms with van der Waals surface area (Å²) in [5, 5.41) is 16.2. The van der Waals surface area contributed by atoms with E-state index in [-0.39, 0.29) is 13.0 Å². The molecule has 1 heterocycles. The summed E-state index contributed by atoms with van der Waals surface area (Å²) in [7, 11) is 1.49. The minimum Gasteiger partial charge on any atom is -0.480 e. The summed E-state index contributed by atoms with van der Waals surface area (Å²) >= 11 is 0. The zero-order chi connectivity index (χ0) is 17.7. The van der Waals surface area contributed by atoms with Crippen LogP contribution in [0.3, 0.4) is 0 Å². The molecular weight excluding hydrogens is 310 g/mol. The molecule has 1 amide bonds. The lowest BCUT2D eigenvalue weighted by molar-refractivity contribution is -0.139. The van der Waals surface area contributed by atoms with Gasteiger partial charge < -0.3 is 15.2 Å².